The largest absolute Gasteiger partial charge is 0.497 e. The van der Waals surface area contributed by atoms with Gasteiger partial charge >= 0.3 is 0 Å². The maximum Gasteiger partial charge on any atom is 0.243 e. The van der Waals surface area contributed by atoms with Crippen molar-refractivity contribution >= 4 is 480 Å². The minimum absolute atomic E-state index is 0. The van der Waals surface area contributed by atoms with E-state index in [-0.39, 0.29) is 94.8 Å². The molecule has 0 saturated carbocycles. The topological polar surface area (TPSA) is 165 Å². The summed E-state index contributed by atoms with van der Waals surface area (Å²) in [5.74, 6) is 4.52. The molecule has 2 amide bonds. The first-order valence-corrected chi connectivity index (χ1v) is 93.0. The molecule has 0 fully saturated rings. The monoisotopic (exact) mass is 2780 g/mol. The number of aryl methyl sites for hydroxylation is 2. The maximum atomic E-state index is 13.4. The van der Waals surface area contributed by atoms with E-state index >= 15 is 0 Å². The summed E-state index contributed by atoms with van der Waals surface area (Å²) in [6, 6.07) is 21.2. The fourth-order valence-corrected chi connectivity index (χ4v) is 112. The third-order valence-corrected chi connectivity index (χ3v) is 103. The number of ketones is 1. The van der Waals surface area contributed by atoms with Crippen LogP contribution < -0.4 is 39.1 Å². The number of ether oxygens (including phenoxy) is 6. The Bertz CT molecular complexity index is 6040. The molecule has 2 radical (unpaired) electrons. The van der Waals surface area contributed by atoms with E-state index in [1.54, 1.807) is 355 Å². The SMILES string of the molecule is COc1cc(C)c(CSC(=O)[C@H](C)CC(=O)[C@@H](C)Cc2ccc(OC(C)(C)C)cc2)c(OC)c1.COc1cc(C)c(CSC(=O)[C@H](C)NC(=O)[C@H](Cc2ccc(OC(C)(C)C)cc2)NC(=O)[C@@H](C)CSC)c(OC)c1.S=S=S=S=S=S=S=S=S=S=S=S=S=S=S=S=S=S=S=S=S=S.S=S=S=S=S=S=S=S=S=S=S=S=S=S=S=S=S=S=S=S=S=S=S.[2H][B].[U]. The summed E-state index contributed by atoms with van der Waals surface area (Å²) >= 11 is 23.0. The van der Waals surface area contributed by atoms with E-state index < -0.39 is 18.0 Å². The van der Waals surface area contributed by atoms with Gasteiger partial charge in [0.1, 0.15) is 57.5 Å². The normalized spacial score (nSPS) is 11.0. The van der Waals surface area contributed by atoms with Crippen LogP contribution in [0.25, 0.3) is 0 Å². The van der Waals surface area contributed by atoms with Crippen molar-refractivity contribution < 1.29 is 83.5 Å². The number of nitrogens with one attached hydrogen (secondary N) is 2. The van der Waals surface area contributed by atoms with Gasteiger partial charge in [0, 0.05) is 519 Å². The average Bonchev–Trinajstić information content (AvgIpc) is 0.838. The van der Waals surface area contributed by atoms with Crippen LogP contribution in [0.5, 0.6) is 34.5 Å². The molecular formula is C59H83BN2O11S48U. The molecule has 13 nitrogen and oxygen atoms in total. The first kappa shape index (κ1) is 128. The molecule has 4 rings (SSSR count). The van der Waals surface area contributed by atoms with Crippen LogP contribution in [0.1, 0.15) is 109 Å². The van der Waals surface area contributed by atoms with Crippen molar-refractivity contribution in [3.8, 4) is 34.5 Å². The third kappa shape index (κ3) is 69.5. The molecule has 5 atom stereocenters. The van der Waals surface area contributed by atoms with Gasteiger partial charge < -0.3 is 39.1 Å². The zero-order chi connectivity index (χ0) is 91.2. The fraction of sp³-hybridized carbons (Fsp3) is 0.508. The summed E-state index contributed by atoms with van der Waals surface area (Å²) in [6.45, 7) is 23.1. The fourth-order valence-electron chi connectivity index (χ4n) is 8.05. The number of hydrogen-bond donors (Lipinski definition) is 2. The quantitative estimate of drug-likeness (QED) is 0.0602. The first-order chi connectivity index (χ1) is 58.5. The Morgan fingerprint density at radius 1 is 0.393 bits per heavy atom. The summed E-state index contributed by atoms with van der Waals surface area (Å²) in [5, 5.41) is 5.53. The summed E-state index contributed by atoms with van der Waals surface area (Å²) in [5.41, 5.74) is 5.17. The Morgan fingerprint density at radius 3 is 0.967 bits per heavy atom. The van der Waals surface area contributed by atoms with E-state index in [0.29, 0.717) is 40.9 Å². The summed E-state index contributed by atoms with van der Waals surface area (Å²) in [7, 11) is 80.9. The molecule has 2 N–H and O–H groups in total. The van der Waals surface area contributed by atoms with Gasteiger partial charge in [-0.1, -0.05) is 68.6 Å². The van der Waals surface area contributed by atoms with Crippen LogP contribution in [0.4, 0.5) is 0 Å². The molecule has 0 spiro atoms. The number of thioether (sulfide) groups is 3. The van der Waals surface area contributed by atoms with Crippen LogP contribution in [0.2, 0.25) is 0 Å². The van der Waals surface area contributed by atoms with Crippen molar-refractivity contribution in [1.29, 1.82) is 1.34 Å². The Hall–Kier alpha value is 5.70. The van der Waals surface area contributed by atoms with Crippen LogP contribution in [0.3, 0.4) is 0 Å². The predicted molar refractivity (Wildman–Crippen MR) is 646 cm³/mol. The molecule has 0 unspecified atom stereocenters. The third-order valence-electron chi connectivity index (χ3n) is 12.9. The molecule has 63 heteroatoms. The number of rotatable bonds is 25. The van der Waals surface area contributed by atoms with Gasteiger partial charge in [0.15, 0.2) is 5.12 Å². The van der Waals surface area contributed by atoms with E-state index in [1.165, 1.54) is 47.3 Å². The second kappa shape index (κ2) is 84.7. The minimum atomic E-state index is -0.842. The van der Waals surface area contributed by atoms with Gasteiger partial charge in [-0.25, -0.2) is 0 Å². The van der Waals surface area contributed by atoms with Crippen molar-refractivity contribution in [3.05, 3.63) is 106 Å². The van der Waals surface area contributed by atoms with Crippen LogP contribution in [0.15, 0.2) is 72.8 Å². The molecule has 0 bridgehead atoms. The van der Waals surface area contributed by atoms with Gasteiger partial charge in [-0.15, -0.1) is 0 Å². The number of carbonyl (C=O) groups is 5. The number of methoxy groups -OCH3 is 4. The number of Topliss-reactive ketones (excluding diaryl/α,β-unsaturated/α-hetero) is 1. The maximum absolute atomic E-state index is 13.4. The molecule has 4 aromatic carbocycles. The number of carbonyl (C=O) groups excluding carboxylic acids is 5. The summed E-state index contributed by atoms with van der Waals surface area (Å²) < 4.78 is 38.6. The van der Waals surface area contributed by atoms with E-state index in [1.807, 2.05) is 176 Å². The summed E-state index contributed by atoms with van der Waals surface area (Å²) in [4.78, 5) is 64.8. The Kier molecular flexibility index (Phi) is 88.7. The van der Waals surface area contributed by atoms with Gasteiger partial charge in [-0.3, -0.25) is 24.0 Å². The van der Waals surface area contributed by atoms with Crippen molar-refractivity contribution in [3.63, 3.8) is 0 Å². The van der Waals surface area contributed by atoms with Crippen molar-refractivity contribution in [2.45, 2.75) is 137 Å². The zero-order valence-electron chi connectivity index (χ0n) is 67.7. The Morgan fingerprint density at radius 2 is 0.689 bits per heavy atom. The van der Waals surface area contributed by atoms with Crippen LogP contribution in [-0.2, 0) is 457 Å². The second-order valence-corrected chi connectivity index (χ2v) is 98.9. The van der Waals surface area contributed by atoms with Crippen molar-refractivity contribution in [1.82, 2.24) is 10.6 Å². The minimum Gasteiger partial charge on any atom is -0.497 e. The Labute approximate surface area is 894 Å². The van der Waals surface area contributed by atoms with Gasteiger partial charge in [0.25, 0.3) is 0 Å². The van der Waals surface area contributed by atoms with E-state index in [9.17, 15) is 24.0 Å². The van der Waals surface area contributed by atoms with E-state index in [4.69, 9.17) is 74.5 Å². The molecule has 690 valence electrons. The van der Waals surface area contributed by atoms with Crippen molar-refractivity contribution in [2.24, 2.45) is 17.8 Å². The molecular weight excluding hydrogens is 2700 g/mol. The smallest absolute Gasteiger partial charge is 0.243 e. The molecule has 0 aliphatic rings. The van der Waals surface area contributed by atoms with Gasteiger partial charge in [0.2, 0.25) is 16.9 Å². The summed E-state index contributed by atoms with van der Waals surface area (Å²) in [6.07, 6.45) is 3.10. The molecule has 0 heterocycles. The number of benzene rings is 4. The number of amides is 2. The van der Waals surface area contributed by atoms with Crippen molar-refractivity contribution in [2.75, 3.05) is 40.4 Å². The standard InChI is InChI=1S/C31H44N2O6S2.C28H38O5S.BH.S23.S22.U/c1-19-14-24(37-7)16-27(38-8)25(19)18-41-30(36)21(3)32-29(35)26(33-28(34)20(2)17-40-9)15-22-10-12-23(13-11-22)39-31(4,5)6;1-18-14-23(31-7)16-26(32-8)24(18)17-34-27(30)20(3)15-25(29)19(2)13-21-9-11-22(12-10-21)33-28(4,5)6;;1-3-5-7-9-11-13-15-17-19-21-23-22-20-18-16-14-12-10-8-6-4-2;1-3-5-7-9-11-13-15-17-19-21-22-20-18-16-14-12-10-8-6-4-2;/h10-14,16,20-21,26H,15,17-18H2,1-9H3,(H,32,35)(H,33,34);9-12,14,16,19-20H,13,15,17H2,1-8H3;1H;;;/t20-,21-,26-;19-,20+;;;;/m00..../s1/i;;1D;;;. The van der Waals surface area contributed by atoms with Gasteiger partial charge in [0.05, 0.1) is 34.5 Å². The molecule has 0 aromatic heterocycles. The second-order valence-electron chi connectivity index (χ2n) is 23.5. The molecule has 122 heavy (non-hydrogen) atoms. The molecule has 0 aliphatic carbocycles. The molecule has 0 saturated heterocycles. The van der Waals surface area contributed by atoms with Gasteiger partial charge in [-0.05, 0) is 135 Å². The molecule has 4 aromatic rings. The van der Waals surface area contributed by atoms with E-state index in [2.05, 4.69) is 19.0 Å². The van der Waals surface area contributed by atoms with Crippen LogP contribution in [0, 0.1) is 62.7 Å². The zero-order valence-corrected chi connectivity index (χ0v) is 110. The van der Waals surface area contributed by atoms with Crippen LogP contribution in [-0.4, -0.2) is 101 Å². The van der Waals surface area contributed by atoms with E-state index in [0.717, 1.165) is 62.4 Å². The average molecular weight is 2790 g/mol. The van der Waals surface area contributed by atoms with Crippen LogP contribution >= 0.6 is 35.3 Å². The predicted octanol–water partition coefficient (Wildman–Crippen LogP) is 10.8. The molecule has 0 aliphatic heterocycles. The Balaban J connectivity index is 0. The van der Waals surface area contributed by atoms with Gasteiger partial charge in [-0.2, -0.15) is 11.8 Å². The first-order valence-electron chi connectivity index (χ1n) is 32.9. The number of hydrogen-bond acceptors (Lipinski definition) is 18.